The number of esters is 1. The van der Waals surface area contributed by atoms with Crippen molar-refractivity contribution in [1.29, 1.82) is 0 Å². The van der Waals surface area contributed by atoms with Crippen molar-refractivity contribution < 1.29 is 47.8 Å². The molecule has 0 bridgehead atoms. The second-order valence-corrected chi connectivity index (χ2v) is 16.3. The molecule has 0 unspecified atom stereocenters. The molecule has 7 aromatic carbocycles. The standard InChI is InChI=1S/C26H28O5.C24H26O4.C10H12O/c1-19(27)31-18-26(21-7-13-24(29-3)14-8-21,22-9-15-25(30-4)16-10-22)17-20-5-11-23(28-2)12-6-20;1-26-21-10-4-18(5-11-21)16-24(17-25,19-6-12-22(27-2)13-7-19)20-8-14-23(28-3)15-9-20;1-3-4-9-5-7-10(11-2)8-6-9/h5-16H,17-18H2,1-4H3;4-15,25H,16-17H2,1-3H3;3-8H,1-2H3. The number of aliphatic hydroxyl groups is 1. The highest BCUT2D eigenvalue weighted by Gasteiger charge is 2.37. The topological polar surface area (TPSA) is 111 Å². The molecule has 0 aliphatic rings. The number of aliphatic hydroxyl groups excluding tert-OH is 1. The quantitative estimate of drug-likeness (QED) is 0.0787. The van der Waals surface area contributed by atoms with Crippen molar-refractivity contribution in [3.63, 3.8) is 0 Å². The van der Waals surface area contributed by atoms with Crippen LogP contribution in [-0.2, 0) is 33.2 Å². The Kier molecular flexibility index (Phi) is 20.4. The molecule has 0 spiro atoms. The minimum atomic E-state index is -0.598. The minimum Gasteiger partial charge on any atom is -0.497 e. The fraction of sp³-hybridized carbons (Fsp3) is 0.250. The van der Waals surface area contributed by atoms with Gasteiger partial charge in [-0.15, -0.1) is 0 Å². The predicted octanol–water partition coefficient (Wildman–Crippen LogP) is 11.8. The molecule has 366 valence electrons. The molecule has 7 aromatic rings. The van der Waals surface area contributed by atoms with E-state index in [1.54, 1.807) is 49.8 Å². The molecule has 0 radical (unpaired) electrons. The Bertz CT molecular complexity index is 2530. The summed E-state index contributed by atoms with van der Waals surface area (Å²) in [5.74, 6) is 5.30. The summed E-state index contributed by atoms with van der Waals surface area (Å²) in [7, 11) is 11.6. The summed E-state index contributed by atoms with van der Waals surface area (Å²) in [6, 6.07) is 55.5. The zero-order valence-corrected chi connectivity index (χ0v) is 41.8. The maximum absolute atomic E-state index is 11.8. The molecule has 0 saturated heterocycles. The second-order valence-electron chi connectivity index (χ2n) is 16.3. The second kappa shape index (κ2) is 26.7. The summed E-state index contributed by atoms with van der Waals surface area (Å²) in [4.78, 5) is 11.8. The number of methoxy groups -OCH3 is 7. The molecule has 10 nitrogen and oxygen atoms in total. The van der Waals surface area contributed by atoms with Crippen molar-refractivity contribution in [2.45, 2.75) is 37.5 Å². The van der Waals surface area contributed by atoms with Crippen LogP contribution < -0.4 is 33.2 Å². The molecular formula is C60H66O10. The van der Waals surface area contributed by atoms with E-state index in [1.807, 2.05) is 183 Å². The average molecular weight is 947 g/mol. The molecule has 70 heavy (non-hydrogen) atoms. The van der Waals surface area contributed by atoms with Gasteiger partial charge < -0.3 is 43.0 Å². The first kappa shape index (κ1) is 53.3. The third-order valence-corrected chi connectivity index (χ3v) is 12.2. The van der Waals surface area contributed by atoms with Crippen molar-refractivity contribution in [3.05, 3.63) is 215 Å². The Morgan fingerprint density at radius 2 is 0.671 bits per heavy atom. The SMILES string of the molecule is CC=Cc1ccc(OC)cc1.COc1ccc(CC(CO)(c2ccc(OC)cc2)c2ccc(OC)cc2)cc1.COc1ccc(CC(COC(C)=O)(c2ccc(OC)cc2)c2ccc(OC)cc2)cc1. The van der Waals surface area contributed by atoms with Crippen LogP contribution in [-0.4, -0.2) is 74.1 Å². The van der Waals surface area contributed by atoms with Gasteiger partial charge in [-0.05, 0) is 144 Å². The van der Waals surface area contributed by atoms with E-state index in [-0.39, 0.29) is 19.2 Å². The summed E-state index contributed by atoms with van der Waals surface area (Å²) >= 11 is 0. The van der Waals surface area contributed by atoms with Gasteiger partial charge in [0.05, 0.1) is 61.8 Å². The van der Waals surface area contributed by atoms with E-state index < -0.39 is 10.8 Å². The lowest BCUT2D eigenvalue weighted by Crippen LogP contribution is -2.36. The first-order valence-electron chi connectivity index (χ1n) is 22.9. The predicted molar refractivity (Wildman–Crippen MR) is 278 cm³/mol. The normalized spacial score (nSPS) is 10.9. The van der Waals surface area contributed by atoms with Gasteiger partial charge >= 0.3 is 5.97 Å². The number of rotatable bonds is 19. The average Bonchev–Trinajstić information content (AvgIpc) is 3.42. The Morgan fingerprint density at radius 1 is 0.414 bits per heavy atom. The van der Waals surface area contributed by atoms with Crippen LogP contribution in [0.3, 0.4) is 0 Å². The molecule has 0 atom stereocenters. The van der Waals surface area contributed by atoms with Crippen LogP contribution in [0.15, 0.2) is 176 Å². The summed E-state index contributed by atoms with van der Waals surface area (Å²) < 4.78 is 42.5. The van der Waals surface area contributed by atoms with Gasteiger partial charge in [-0.3, -0.25) is 4.79 Å². The van der Waals surface area contributed by atoms with E-state index in [2.05, 4.69) is 6.08 Å². The van der Waals surface area contributed by atoms with Crippen LogP contribution >= 0.6 is 0 Å². The van der Waals surface area contributed by atoms with E-state index in [4.69, 9.17) is 37.9 Å². The van der Waals surface area contributed by atoms with Gasteiger partial charge in [0.15, 0.2) is 0 Å². The van der Waals surface area contributed by atoms with Crippen LogP contribution in [0.2, 0.25) is 0 Å². The lowest BCUT2D eigenvalue weighted by molar-refractivity contribution is -0.142. The highest BCUT2D eigenvalue weighted by atomic mass is 16.5. The largest absolute Gasteiger partial charge is 0.497 e. The van der Waals surface area contributed by atoms with E-state index in [0.29, 0.717) is 12.8 Å². The van der Waals surface area contributed by atoms with Crippen molar-refractivity contribution in [2.75, 3.05) is 63.0 Å². The van der Waals surface area contributed by atoms with Gasteiger partial charge in [-0.25, -0.2) is 0 Å². The van der Waals surface area contributed by atoms with Gasteiger partial charge in [0.1, 0.15) is 46.9 Å². The number of carbonyl (C=O) groups is 1. The Labute approximate surface area is 414 Å². The van der Waals surface area contributed by atoms with Crippen molar-refractivity contribution in [3.8, 4) is 40.2 Å². The van der Waals surface area contributed by atoms with E-state index in [1.165, 1.54) is 12.5 Å². The third-order valence-electron chi connectivity index (χ3n) is 12.2. The van der Waals surface area contributed by atoms with Crippen molar-refractivity contribution in [2.24, 2.45) is 0 Å². The number of carbonyl (C=O) groups excluding carboxylic acids is 1. The van der Waals surface area contributed by atoms with Crippen molar-refractivity contribution in [1.82, 2.24) is 0 Å². The molecule has 0 aliphatic carbocycles. The number of allylic oxidation sites excluding steroid dienone is 1. The Morgan fingerprint density at radius 3 is 0.929 bits per heavy atom. The van der Waals surface area contributed by atoms with Gasteiger partial charge in [0.2, 0.25) is 0 Å². The lowest BCUT2D eigenvalue weighted by Gasteiger charge is -2.35. The fourth-order valence-electron chi connectivity index (χ4n) is 8.15. The molecule has 0 amide bonds. The minimum absolute atomic E-state index is 0.0301. The molecule has 10 heteroatoms. The first-order valence-corrected chi connectivity index (χ1v) is 22.9. The summed E-state index contributed by atoms with van der Waals surface area (Å²) in [5.41, 5.74) is 6.32. The Balaban J connectivity index is 0.000000215. The van der Waals surface area contributed by atoms with Crippen LogP contribution in [0.25, 0.3) is 6.08 Å². The van der Waals surface area contributed by atoms with Crippen LogP contribution in [0.4, 0.5) is 0 Å². The highest BCUT2D eigenvalue weighted by Crippen LogP contribution is 2.40. The van der Waals surface area contributed by atoms with E-state index in [0.717, 1.165) is 73.6 Å². The van der Waals surface area contributed by atoms with Crippen molar-refractivity contribution >= 4 is 12.0 Å². The monoisotopic (exact) mass is 946 g/mol. The third kappa shape index (κ3) is 14.2. The maximum Gasteiger partial charge on any atom is 0.302 e. The molecule has 0 saturated carbocycles. The molecule has 1 N–H and O–H groups in total. The van der Waals surface area contributed by atoms with Gasteiger partial charge in [0, 0.05) is 12.3 Å². The number of ether oxygens (including phenoxy) is 8. The maximum atomic E-state index is 11.8. The van der Waals surface area contributed by atoms with E-state index in [9.17, 15) is 9.90 Å². The first-order chi connectivity index (χ1) is 34.0. The van der Waals surface area contributed by atoms with Crippen LogP contribution in [0, 0.1) is 0 Å². The number of hydrogen-bond acceptors (Lipinski definition) is 10. The molecular weight excluding hydrogens is 881 g/mol. The molecule has 0 aromatic heterocycles. The molecule has 0 fully saturated rings. The van der Waals surface area contributed by atoms with Crippen LogP contribution in [0.5, 0.6) is 40.2 Å². The zero-order valence-electron chi connectivity index (χ0n) is 41.8. The summed E-state index contributed by atoms with van der Waals surface area (Å²) in [5, 5.41) is 10.6. The summed E-state index contributed by atoms with van der Waals surface area (Å²) in [6.45, 7) is 3.61. The molecule has 0 heterocycles. The smallest absolute Gasteiger partial charge is 0.302 e. The number of hydrogen-bond donors (Lipinski definition) is 1. The summed E-state index contributed by atoms with van der Waals surface area (Å²) in [6.07, 6.45) is 5.34. The van der Waals surface area contributed by atoms with Gasteiger partial charge in [0.25, 0.3) is 0 Å². The molecule has 0 aliphatic heterocycles. The van der Waals surface area contributed by atoms with Gasteiger partial charge in [-0.1, -0.05) is 97.1 Å². The zero-order chi connectivity index (χ0) is 50.4. The Hall–Kier alpha value is -7.69. The van der Waals surface area contributed by atoms with Crippen LogP contribution in [0.1, 0.15) is 52.8 Å². The van der Waals surface area contributed by atoms with E-state index >= 15 is 0 Å². The van der Waals surface area contributed by atoms with Gasteiger partial charge in [-0.2, -0.15) is 0 Å². The highest BCUT2D eigenvalue weighted by molar-refractivity contribution is 5.66. The number of benzene rings is 7. The fourth-order valence-corrected chi connectivity index (χ4v) is 8.15. The molecule has 7 rings (SSSR count). The lowest BCUT2D eigenvalue weighted by atomic mass is 9.71.